The average Bonchev–Trinajstić information content (AvgIpc) is 2.54. The molecule has 1 aliphatic heterocycles. The first-order valence-corrected chi connectivity index (χ1v) is 7.92. The lowest BCUT2D eigenvalue weighted by Crippen LogP contribution is -2.34. The second-order valence-corrected chi connectivity index (χ2v) is 6.11. The molecule has 1 atom stereocenters. The molecule has 0 saturated carbocycles. The van der Waals surface area contributed by atoms with E-state index in [2.05, 4.69) is 5.32 Å². The number of allylic oxidation sites excluding steroid dienone is 3. The number of nitrogens with one attached hydrogen (secondary N) is 1. The van der Waals surface area contributed by atoms with Crippen LogP contribution in [0.5, 0.6) is 0 Å². The van der Waals surface area contributed by atoms with Crippen LogP contribution in [-0.4, -0.2) is 18.9 Å². The fourth-order valence-electron chi connectivity index (χ4n) is 3.59. The molecule has 0 unspecified atom stereocenters. The smallest absolute Gasteiger partial charge is 0.336 e. The van der Waals surface area contributed by atoms with Gasteiger partial charge in [-0.15, -0.1) is 0 Å². The van der Waals surface area contributed by atoms with Gasteiger partial charge in [0.05, 0.1) is 12.7 Å². The maximum atomic E-state index is 12.6. The number of aryl methyl sites for hydroxylation is 1. The molecule has 0 radical (unpaired) electrons. The quantitative estimate of drug-likeness (QED) is 0.853. The minimum Gasteiger partial charge on any atom is -0.466 e. The highest BCUT2D eigenvalue weighted by molar-refractivity contribution is 6.03. The zero-order chi connectivity index (χ0) is 16.6. The first-order valence-electron chi connectivity index (χ1n) is 7.92. The first-order chi connectivity index (χ1) is 11.0. The van der Waals surface area contributed by atoms with Crippen molar-refractivity contribution >= 4 is 11.8 Å². The molecule has 1 aromatic carbocycles. The van der Waals surface area contributed by atoms with Gasteiger partial charge in [0.25, 0.3) is 0 Å². The lowest BCUT2D eigenvalue weighted by molar-refractivity contribution is -0.136. The topological polar surface area (TPSA) is 55.4 Å². The van der Waals surface area contributed by atoms with Crippen LogP contribution in [0.2, 0.25) is 0 Å². The van der Waals surface area contributed by atoms with E-state index < -0.39 is 0 Å². The van der Waals surface area contributed by atoms with Crippen molar-refractivity contribution in [2.45, 2.75) is 39.0 Å². The fraction of sp³-hybridized carbons (Fsp3) is 0.368. The number of ether oxygens (including phenoxy) is 1. The summed E-state index contributed by atoms with van der Waals surface area (Å²) in [6.07, 6.45) is 2.23. The minimum absolute atomic E-state index is 0.126. The third kappa shape index (κ3) is 2.58. The van der Waals surface area contributed by atoms with Crippen LogP contribution in [0, 0.1) is 6.92 Å². The summed E-state index contributed by atoms with van der Waals surface area (Å²) in [6, 6.07) is 7.91. The van der Waals surface area contributed by atoms with Crippen LogP contribution in [0.15, 0.2) is 46.8 Å². The Morgan fingerprint density at radius 1 is 1.22 bits per heavy atom. The van der Waals surface area contributed by atoms with Crippen molar-refractivity contribution in [3.05, 3.63) is 57.9 Å². The number of carbonyl (C=O) groups excluding carboxylic acids is 2. The molecule has 120 valence electrons. The Kier molecular flexibility index (Phi) is 4.07. The monoisotopic (exact) mass is 311 g/mol. The summed E-state index contributed by atoms with van der Waals surface area (Å²) in [6.45, 7) is 3.88. The second-order valence-electron chi connectivity index (χ2n) is 6.11. The molecule has 23 heavy (non-hydrogen) atoms. The van der Waals surface area contributed by atoms with Crippen LogP contribution in [0.1, 0.15) is 43.2 Å². The van der Waals surface area contributed by atoms with Crippen LogP contribution in [0.25, 0.3) is 0 Å². The molecule has 0 fully saturated rings. The van der Waals surface area contributed by atoms with E-state index in [0.29, 0.717) is 12.0 Å². The number of Topliss-reactive ketones (excluding diaryl/α,β-unsaturated/α-hetero) is 1. The summed E-state index contributed by atoms with van der Waals surface area (Å²) in [5.41, 5.74) is 5.07. The highest BCUT2D eigenvalue weighted by Crippen LogP contribution is 2.43. The Hall–Kier alpha value is -2.36. The van der Waals surface area contributed by atoms with Gasteiger partial charge in [0, 0.05) is 29.3 Å². The summed E-state index contributed by atoms with van der Waals surface area (Å²) < 4.78 is 5.00. The van der Waals surface area contributed by atoms with E-state index in [1.165, 1.54) is 7.11 Å². The Balaban J connectivity index is 2.23. The average molecular weight is 311 g/mol. The van der Waals surface area contributed by atoms with Crippen LogP contribution >= 0.6 is 0 Å². The molecule has 1 N–H and O–H groups in total. The highest BCUT2D eigenvalue weighted by Gasteiger charge is 2.39. The largest absolute Gasteiger partial charge is 0.466 e. The number of ketones is 1. The van der Waals surface area contributed by atoms with Crippen molar-refractivity contribution in [2.75, 3.05) is 7.11 Å². The maximum Gasteiger partial charge on any atom is 0.336 e. The van der Waals surface area contributed by atoms with Gasteiger partial charge in [-0.25, -0.2) is 4.79 Å². The molecule has 0 amide bonds. The van der Waals surface area contributed by atoms with Gasteiger partial charge < -0.3 is 10.1 Å². The molecule has 2 aliphatic rings. The zero-order valence-electron chi connectivity index (χ0n) is 13.7. The van der Waals surface area contributed by atoms with E-state index in [-0.39, 0.29) is 17.7 Å². The number of hydrogen-bond acceptors (Lipinski definition) is 4. The number of dihydropyridines is 1. The summed E-state index contributed by atoms with van der Waals surface area (Å²) in [5.74, 6) is -0.596. The molecular weight excluding hydrogens is 290 g/mol. The highest BCUT2D eigenvalue weighted by atomic mass is 16.5. The SMILES string of the molecule is COC(=O)C1=C(C)NC2=C(C(=O)CCC2)[C@@H]1c1ccccc1C. The molecule has 4 nitrogen and oxygen atoms in total. The van der Waals surface area contributed by atoms with Gasteiger partial charge in [0.15, 0.2) is 5.78 Å². The van der Waals surface area contributed by atoms with Crippen LogP contribution in [-0.2, 0) is 14.3 Å². The van der Waals surface area contributed by atoms with E-state index in [0.717, 1.165) is 40.9 Å². The van der Waals surface area contributed by atoms with Crippen molar-refractivity contribution in [2.24, 2.45) is 0 Å². The number of carbonyl (C=O) groups is 2. The van der Waals surface area contributed by atoms with Gasteiger partial charge in [0.2, 0.25) is 0 Å². The van der Waals surface area contributed by atoms with Gasteiger partial charge in [-0.05, 0) is 37.8 Å². The molecule has 1 aromatic rings. The lowest BCUT2D eigenvalue weighted by atomic mass is 9.74. The molecule has 1 aliphatic carbocycles. The standard InChI is InChI=1S/C19H21NO3/c1-11-7-4-5-8-13(11)17-16(19(22)23-3)12(2)20-14-9-6-10-15(21)18(14)17/h4-5,7-8,17,20H,6,9-10H2,1-3H3/t17-/m1/s1. The summed E-state index contributed by atoms with van der Waals surface area (Å²) in [7, 11) is 1.38. The minimum atomic E-state index is -0.381. The van der Waals surface area contributed by atoms with E-state index in [1.54, 1.807) is 0 Å². The number of hydrogen-bond donors (Lipinski definition) is 1. The Morgan fingerprint density at radius 3 is 2.65 bits per heavy atom. The lowest BCUT2D eigenvalue weighted by Gasteiger charge is -2.34. The Morgan fingerprint density at radius 2 is 1.96 bits per heavy atom. The normalized spacial score (nSPS) is 21.0. The third-order valence-electron chi connectivity index (χ3n) is 4.68. The van der Waals surface area contributed by atoms with Gasteiger partial charge in [0.1, 0.15) is 0 Å². The third-order valence-corrected chi connectivity index (χ3v) is 4.68. The van der Waals surface area contributed by atoms with Crippen molar-refractivity contribution in [3.63, 3.8) is 0 Å². The van der Waals surface area contributed by atoms with Crippen molar-refractivity contribution in [1.82, 2.24) is 5.32 Å². The summed E-state index contributed by atoms with van der Waals surface area (Å²) in [5, 5.41) is 3.27. The van der Waals surface area contributed by atoms with Crippen LogP contribution < -0.4 is 5.32 Å². The van der Waals surface area contributed by atoms with Gasteiger partial charge in [-0.1, -0.05) is 24.3 Å². The number of benzene rings is 1. The van der Waals surface area contributed by atoms with E-state index in [4.69, 9.17) is 4.74 Å². The molecule has 3 rings (SSSR count). The Labute approximate surface area is 136 Å². The number of methoxy groups -OCH3 is 1. The predicted molar refractivity (Wildman–Crippen MR) is 87.7 cm³/mol. The van der Waals surface area contributed by atoms with Crippen LogP contribution in [0.4, 0.5) is 0 Å². The number of rotatable bonds is 2. The van der Waals surface area contributed by atoms with Gasteiger partial charge >= 0.3 is 5.97 Å². The molecule has 4 heteroatoms. The molecule has 0 saturated heterocycles. The zero-order valence-corrected chi connectivity index (χ0v) is 13.7. The second kappa shape index (κ2) is 6.03. The van der Waals surface area contributed by atoms with E-state index in [1.807, 2.05) is 38.1 Å². The summed E-state index contributed by atoms with van der Waals surface area (Å²) in [4.78, 5) is 25.0. The number of esters is 1. The molecule has 0 aromatic heterocycles. The maximum absolute atomic E-state index is 12.6. The Bertz CT molecular complexity index is 743. The van der Waals surface area contributed by atoms with Gasteiger partial charge in [-0.3, -0.25) is 4.79 Å². The molecule has 1 heterocycles. The first kappa shape index (κ1) is 15.5. The molecule has 0 spiro atoms. The van der Waals surface area contributed by atoms with Crippen molar-refractivity contribution < 1.29 is 14.3 Å². The van der Waals surface area contributed by atoms with E-state index in [9.17, 15) is 9.59 Å². The van der Waals surface area contributed by atoms with E-state index >= 15 is 0 Å². The summed E-state index contributed by atoms with van der Waals surface area (Å²) >= 11 is 0. The van der Waals surface area contributed by atoms with Gasteiger partial charge in [-0.2, -0.15) is 0 Å². The van der Waals surface area contributed by atoms with Crippen LogP contribution in [0.3, 0.4) is 0 Å². The predicted octanol–water partition coefficient (Wildman–Crippen LogP) is 3.14. The van der Waals surface area contributed by atoms with Crippen molar-refractivity contribution in [1.29, 1.82) is 0 Å². The molecular formula is C19H21NO3. The van der Waals surface area contributed by atoms with Crippen molar-refractivity contribution in [3.8, 4) is 0 Å². The fourth-order valence-corrected chi connectivity index (χ4v) is 3.59. The molecule has 0 bridgehead atoms.